The largest absolute Gasteiger partial charge is 0.395 e. The van der Waals surface area contributed by atoms with Crippen molar-refractivity contribution in [3.05, 3.63) is 33.8 Å². The van der Waals surface area contributed by atoms with Crippen LogP contribution in [0.4, 0.5) is 0 Å². The molecule has 0 heterocycles. The Morgan fingerprint density at radius 1 is 1.25 bits per heavy atom. The summed E-state index contributed by atoms with van der Waals surface area (Å²) in [6.07, 6.45) is -0.158. The molecular formula is C14H21Cl2NO3. The second-order valence-corrected chi connectivity index (χ2v) is 5.29. The summed E-state index contributed by atoms with van der Waals surface area (Å²) in [6, 6.07) is 5.23. The van der Waals surface area contributed by atoms with Gasteiger partial charge in [0.15, 0.2) is 0 Å². The Bertz CT molecular complexity index is 404. The van der Waals surface area contributed by atoms with Crippen molar-refractivity contribution >= 4 is 23.2 Å². The van der Waals surface area contributed by atoms with E-state index >= 15 is 0 Å². The summed E-state index contributed by atoms with van der Waals surface area (Å²) in [5.74, 6) is 0. The number of nitrogens with zero attached hydrogens (tertiary/aromatic N) is 1. The minimum absolute atomic E-state index is 0.0811. The van der Waals surface area contributed by atoms with Crippen LogP contribution in [0.3, 0.4) is 0 Å². The van der Waals surface area contributed by atoms with E-state index < -0.39 is 6.10 Å². The topological polar surface area (TPSA) is 52.9 Å². The number of hydrogen-bond donors (Lipinski definition) is 2. The van der Waals surface area contributed by atoms with Crippen LogP contribution >= 0.6 is 23.2 Å². The molecule has 0 fully saturated rings. The molecule has 0 radical (unpaired) electrons. The summed E-state index contributed by atoms with van der Waals surface area (Å²) in [4.78, 5) is 2.03. The first-order valence-corrected chi connectivity index (χ1v) is 7.29. The molecule has 1 unspecified atom stereocenters. The van der Waals surface area contributed by atoms with Crippen molar-refractivity contribution in [1.29, 1.82) is 0 Å². The first kappa shape index (κ1) is 17.7. The normalized spacial score (nSPS) is 12.9. The van der Waals surface area contributed by atoms with Gasteiger partial charge in [-0.15, -0.1) is 0 Å². The van der Waals surface area contributed by atoms with Gasteiger partial charge in [-0.2, -0.15) is 0 Å². The van der Waals surface area contributed by atoms with E-state index in [2.05, 4.69) is 0 Å². The monoisotopic (exact) mass is 321 g/mol. The second kappa shape index (κ2) is 9.55. The number of aliphatic hydroxyl groups is 2. The molecule has 1 rings (SSSR count). The van der Waals surface area contributed by atoms with Gasteiger partial charge in [0, 0.05) is 32.3 Å². The number of halogens is 2. The third kappa shape index (κ3) is 5.56. The number of hydrogen-bond acceptors (Lipinski definition) is 4. The van der Waals surface area contributed by atoms with Gasteiger partial charge in [0.2, 0.25) is 0 Å². The summed E-state index contributed by atoms with van der Waals surface area (Å²) >= 11 is 12.0. The Labute approximate surface area is 129 Å². The van der Waals surface area contributed by atoms with Crippen molar-refractivity contribution in [3.8, 4) is 0 Å². The van der Waals surface area contributed by atoms with Gasteiger partial charge in [0.25, 0.3) is 0 Å². The maximum absolute atomic E-state index is 10.2. The van der Waals surface area contributed by atoms with Crippen molar-refractivity contribution in [2.75, 3.05) is 40.0 Å². The van der Waals surface area contributed by atoms with Crippen LogP contribution in [0.2, 0.25) is 10.0 Å². The van der Waals surface area contributed by atoms with Gasteiger partial charge >= 0.3 is 0 Å². The molecule has 1 aromatic rings. The quantitative estimate of drug-likeness (QED) is 0.733. The number of benzene rings is 1. The van der Waals surface area contributed by atoms with E-state index in [0.717, 1.165) is 0 Å². The van der Waals surface area contributed by atoms with Crippen molar-refractivity contribution in [2.24, 2.45) is 0 Å². The van der Waals surface area contributed by atoms with Gasteiger partial charge < -0.3 is 14.9 Å². The van der Waals surface area contributed by atoms with Crippen molar-refractivity contribution in [3.63, 3.8) is 0 Å². The van der Waals surface area contributed by atoms with Gasteiger partial charge in [-0.3, -0.25) is 4.90 Å². The minimum atomic E-state index is -0.676. The van der Waals surface area contributed by atoms with Crippen molar-refractivity contribution in [2.45, 2.75) is 12.5 Å². The highest BCUT2D eigenvalue weighted by atomic mass is 35.5. The zero-order valence-electron chi connectivity index (χ0n) is 11.6. The molecular weight excluding hydrogens is 301 g/mol. The Balaban J connectivity index is 2.55. The SMILES string of the molecule is COCCN(CCO)CCC(O)c1cccc(Cl)c1Cl. The highest BCUT2D eigenvalue weighted by Crippen LogP contribution is 2.31. The standard InChI is InChI=1S/C14H21Cl2NO3/c1-20-10-8-17(7-9-18)6-5-13(19)11-3-2-4-12(15)14(11)16/h2-4,13,18-19H,5-10H2,1H3. The Morgan fingerprint density at radius 3 is 2.65 bits per heavy atom. The van der Waals surface area contributed by atoms with Crippen LogP contribution in [0.25, 0.3) is 0 Å². The lowest BCUT2D eigenvalue weighted by Gasteiger charge is -2.22. The smallest absolute Gasteiger partial charge is 0.0817 e. The maximum atomic E-state index is 10.2. The van der Waals surface area contributed by atoms with E-state index in [9.17, 15) is 5.11 Å². The van der Waals surface area contributed by atoms with Gasteiger partial charge in [0.1, 0.15) is 0 Å². The predicted molar refractivity (Wildman–Crippen MR) is 81.4 cm³/mol. The van der Waals surface area contributed by atoms with Gasteiger partial charge in [-0.05, 0) is 12.5 Å². The molecule has 114 valence electrons. The van der Waals surface area contributed by atoms with Crippen LogP contribution < -0.4 is 0 Å². The summed E-state index contributed by atoms with van der Waals surface area (Å²) in [6.45, 7) is 2.59. The molecule has 0 aliphatic heterocycles. The van der Waals surface area contributed by atoms with Crippen LogP contribution in [0.1, 0.15) is 18.1 Å². The molecule has 6 heteroatoms. The molecule has 0 amide bonds. The van der Waals surface area contributed by atoms with Gasteiger partial charge in [-0.25, -0.2) is 0 Å². The zero-order chi connectivity index (χ0) is 15.0. The van der Waals surface area contributed by atoms with E-state index in [1.165, 1.54) is 0 Å². The third-order valence-corrected chi connectivity index (χ3v) is 3.92. The molecule has 0 aromatic heterocycles. The van der Waals surface area contributed by atoms with Crippen molar-refractivity contribution in [1.82, 2.24) is 4.90 Å². The molecule has 0 bridgehead atoms. The van der Waals surface area contributed by atoms with E-state index in [1.807, 2.05) is 4.90 Å². The van der Waals surface area contributed by atoms with Crippen LogP contribution in [-0.4, -0.2) is 55.1 Å². The lowest BCUT2D eigenvalue weighted by atomic mass is 10.1. The molecule has 0 saturated carbocycles. The fraction of sp³-hybridized carbons (Fsp3) is 0.571. The first-order chi connectivity index (χ1) is 9.60. The first-order valence-electron chi connectivity index (χ1n) is 6.54. The second-order valence-electron chi connectivity index (χ2n) is 4.51. The van der Waals surface area contributed by atoms with E-state index in [4.69, 9.17) is 33.0 Å². The minimum Gasteiger partial charge on any atom is -0.395 e. The highest BCUT2D eigenvalue weighted by molar-refractivity contribution is 6.42. The Morgan fingerprint density at radius 2 is 2.00 bits per heavy atom. The number of rotatable bonds is 9. The lowest BCUT2D eigenvalue weighted by molar-refractivity contribution is 0.105. The predicted octanol–water partition coefficient (Wildman–Crippen LogP) is 2.36. The summed E-state index contributed by atoms with van der Waals surface area (Å²) < 4.78 is 5.02. The molecule has 1 aromatic carbocycles. The lowest BCUT2D eigenvalue weighted by Crippen LogP contribution is -2.32. The molecule has 0 spiro atoms. The van der Waals surface area contributed by atoms with Gasteiger partial charge in [-0.1, -0.05) is 35.3 Å². The van der Waals surface area contributed by atoms with Crippen LogP contribution in [-0.2, 0) is 4.74 Å². The number of aliphatic hydroxyl groups excluding tert-OH is 2. The molecule has 2 N–H and O–H groups in total. The van der Waals surface area contributed by atoms with Gasteiger partial charge in [0.05, 0.1) is 29.4 Å². The molecule has 20 heavy (non-hydrogen) atoms. The van der Waals surface area contributed by atoms with Crippen LogP contribution in [0.5, 0.6) is 0 Å². The van der Waals surface area contributed by atoms with Crippen LogP contribution in [0, 0.1) is 0 Å². The average Bonchev–Trinajstić information content (AvgIpc) is 2.44. The number of methoxy groups -OCH3 is 1. The summed E-state index contributed by atoms with van der Waals surface area (Å²) in [7, 11) is 1.64. The molecule has 0 aliphatic carbocycles. The highest BCUT2D eigenvalue weighted by Gasteiger charge is 2.15. The fourth-order valence-corrected chi connectivity index (χ4v) is 2.37. The number of ether oxygens (including phenoxy) is 1. The van der Waals surface area contributed by atoms with E-state index in [0.29, 0.717) is 48.3 Å². The molecule has 0 saturated heterocycles. The van der Waals surface area contributed by atoms with E-state index in [1.54, 1.807) is 25.3 Å². The molecule has 0 aliphatic rings. The molecule has 1 atom stereocenters. The average molecular weight is 322 g/mol. The van der Waals surface area contributed by atoms with Crippen molar-refractivity contribution < 1.29 is 14.9 Å². The third-order valence-electron chi connectivity index (χ3n) is 3.09. The molecule has 4 nitrogen and oxygen atoms in total. The summed E-state index contributed by atoms with van der Waals surface area (Å²) in [5, 5.41) is 20.1. The Kier molecular flexibility index (Phi) is 8.45. The zero-order valence-corrected chi connectivity index (χ0v) is 13.1. The Hall–Kier alpha value is -0.360. The van der Waals surface area contributed by atoms with E-state index in [-0.39, 0.29) is 6.61 Å². The summed E-state index contributed by atoms with van der Waals surface area (Å²) in [5.41, 5.74) is 0.634. The maximum Gasteiger partial charge on any atom is 0.0817 e. The van der Waals surface area contributed by atoms with Crippen LogP contribution in [0.15, 0.2) is 18.2 Å². The fourth-order valence-electron chi connectivity index (χ4n) is 1.94.